The van der Waals surface area contributed by atoms with E-state index in [1.165, 1.54) is 19.3 Å². The molecule has 0 aromatic carbocycles. The summed E-state index contributed by atoms with van der Waals surface area (Å²) in [4.78, 5) is 11.2. The molecule has 0 amide bonds. The van der Waals surface area contributed by atoms with Gasteiger partial charge in [-0.2, -0.15) is 9.67 Å². The first-order valence-electron chi connectivity index (χ1n) is 11.6. The minimum Gasteiger partial charge on any atom is -0.477 e. The van der Waals surface area contributed by atoms with Crippen molar-refractivity contribution in [2.75, 3.05) is 38.3 Å². The van der Waals surface area contributed by atoms with Gasteiger partial charge in [-0.05, 0) is 66.9 Å². The fraction of sp³-hybridized carbons (Fsp3) is 0.636. The molecule has 2 fully saturated rings. The van der Waals surface area contributed by atoms with Crippen LogP contribution >= 0.6 is 0 Å². The highest BCUT2D eigenvalue weighted by atomic mass is 16.5. The van der Waals surface area contributed by atoms with Gasteiger partial charge in [0.2, 0.25) is 5.88 Å². The maximum absolute atomic E-state index is 5.98. The first-order valence-corrected chi connectivity index (χ1v) is 11.6. The van der Waals surface area contributed by atoms with E-state index in [0.29, 0.717) is 37.4 Å². The van der Waals surface area contributed by atoms with Gasteiger partial charge in [-0.25, -0.2) is 4.98 Å². The van der Waals surface area contributed by atoms with Gasteiger partial charge in [0.25, 0.3) is 0 Å². The molecule has 0 radical (unpaired) electrons. The number of rotatable bonds is 10. The summed E-state index contributed by atoms with van der Waals surface area (Å²) in [5.41, 5.74) is 1.80. The van der Waals surface area contributed by atoms with Crippen molar-refractivity contribution in [1.29, 1.82) is 0 Å². The molecule has 3 aromatic heterocycles. The summed E-state index contributed by atoms with van der Waals surface area (Å²) in [6.07, 6.45) is 8.70. The van der Waals surface area contributed by atoms with Crippen LogP contribution in [0.2, 0.25) is 0 Å². The molecule has 33 heavy (non-hydrogen) atoms. The Morgan fingerprint density at radius 2 is 2.09 bits per heavy atom. The van der Waals surface area contributed by atoms with Crippen molar-refractivity contribution in [2.24, 2.45) is 17.8 Å². The highest BCUT2D eigenvalue weighted by Gasteiger charge is 2.43. The van der Waals surface area contributed by atoms with E-state index in [1.807, 2.05) is 13.0 Å². The number of hydrogen-bond donors (Lipinski definition) is 0. The second-order valence-electron chi connectivity index (χ2n) is 8.93. The lowest BCUT2D eigenvalue weighted by Crippen LogP contribution is -2.34. The highest BCUT2D eigenvalue weighted by Crippen LogP contribution is 2.49. The summed E-state index contributed by atoms with van der Waals surface area (Å²) in [7, 11) is 1.68. The predicted molar refractivity (Wildman–Crippen MR) is 118 cm³/mol. The first-order chi connectivity index (χ1) is 16.2. The van der Waals surface area contributed by atoms with Crippen molar-refractivity contribution >= 4 is 6.01 Å². The van der Waals surface area contributed by atoms with Crippen molar-refractivity contribution in [3.63, 3.8) is 0 Å². The van der Waals surface area contributed by atoms with Crippen molar-refractivity contribution in [3.8, 4) is 11.6 Å². The lowest BCUT2D eigenvalue weighted by atomic mass is 9.90. The fourth-order valence-corrected chi connectivity index (χ4v) is 4.78. The van der Waals surface area contributed by atoms with Crippen LogP contribution in [0.1, 0.15) is 37.1 Å². The lowest BCUT2D eigenvalue weighted by molar-refractivity contribution is 0.199. The molecule has 0 bridgehead atoms. The van der Waals surface area contributed by atoms with Crippen molar-refractivity contribution < 1.29 is 14.0 Å². The van der Waals surface area contributed by atoms with Crippen molar-refractivity contribution in [3.05, 3.63) is 30.0 Å². The summed E-state index contributed by atoms with van der Waals surface area (Å²) < 4.78 is 18.1. The Morgan fingerprint density at radius 3 is 2.85 bits per heavy atom. The number of hydrogen-bond acceptors (Lipinski definition) is 10. The zero-order valence-electron chi connectivity index (χ0n) is 19.1. The Hall–Kier alpha value is -3.08. The number of ether oxygens (including phenoxy) is 2. The Kier molecular flexibility index (Phi) is 6.47. The molecule has 0 spiro atoms. The van der Waals surface area contributed by atoms with E-state index in [-0.39, 0.29) is 0 Å². The van der Waals surface area contributed by atoms with Crippen molar-refractivity contribution in [2.45, 2.75) is 39.0 Å². The smallest absolute Gasteiger partial charge is 0.324 e. The van der Waals surface area contributed by atoms with Gasteiger partial charge in [0.1, 0.15) is 6.33 Å². The van der Waals surface area contributed by atoms with Crippen LogP contribution in [0.4, 0.5) is 6.01 Å². The average molecular weight is 455 g/mol. The van der Waals surface area contributed by atoms with E-state index in [9.17, 15) is 0 Å². The van der Waals surface area contributed by atoms with Crippen LogP contribution in [0.15, 0.2) is 23.1 Å². The van der Waals surface area contributed by atoms with Gasteiger partial charge in [0, 0.05) is 32.2 Å². The normalized spacial score (nSPS) is 20.8. The number of anilines is 1. The zero-order valence-corrected chi connectivity index (χ0v) is 19.1. The topological polar surface area (TPSA) is 117 Å². The third-order valence-corrected chi connectivity index (χ3v) is 6.74. The standard InChI is InChI=1S/C22H30N8O3/c1-15-11-18(30-14-24-27-28-30)13-23-21(15)32-10-5-17-12-19(17)16-3-7-29(8-4-16)22-25-20(26-33-22)6-9-31-2/h11,13-14,16-17,19H,3-10,12H2,1-2H3/t17-,19-/m1/s1. The lowest BCUT2D eigenvalue weighted by Gasteiger charge is -2.30. The van der Waals surface area contributed by atoms with Crippen LogP contribution in [0.25, 0.3) is 5.69 Å². The molecule has 11 nitrogen and oxygen atoms in total. The Balaban J connectivity index is 1.03. The van der Waals surface area contributed by atoms with Gasteiger partial charge in [-0.3, -0.25) is 0 Å². The third-order valence-electron chi connectivity index (χ3n) is 6.74. The molecule has 5 rings (SSSR count). The quantitative estimate of drug-likeness (QED) is 0.451. The molecule has 1 saturated heterocycles. The van der Waals surface area contributed by atoms with Crippen LogP contribution in [-0.4, -0.2) is 68.7 Å². The second-order valence-corrected chi connectivity index (χ2v) is 8.93. The van der Waals surface area contributed by atoms with E-state index < -0.39 is 0 Å². The van der Waals surface area contributed by atoms with Gasteiger partial charge in [-0.1, -0.05) is 5.16 Å². The molecule has 4 heterocycles. The minimum absolute atomic E-state index is 0.607. The van der Waals surface area contributed by atoms with E-state index in [2.05, 4.69) is 35.5 Å². The first kappa shape index (κ1) is 21.7. The van der Waals surface area contributed by atoms with Gasteiger partial charge >= 0.3 is 6.01 Å². The molecular formula is C22H30N8O3. The number of methoxy groups -OCH3 is 1. The summed E-state index contributed by atoms with van der Waals surface area (Å²) >= 11 is 0. The molecular weight excluding hydrogens is 424 g/mol. The van der Waals surface area contributed by atoms with Crippen LogP contribution in [0.5, 0.6) is 5.88 Å². The molecule has 1 aliphatic carbocycles. The number of piperidine rings is 1. The highest BCUT2D eigenvalue weighted by molar-refractivity contribution is 5.36. The van der Waals surface area contributed by atoms with Crippen LogP contribution < -0.4 is 9.64 Å². The number of aryl methyl sites for hydroxylation is 1. The average Bonchev–Trinajstić information content (AvgIpc) is 3.21. The SMILES string of the molecule is COCCc1noc(N2CCC([C@H]3C[C@H]3CCOc3ncc(-n4cnnn4)cc3C)CC2)n1. The van der Waals surface area contributed by atoms with Gasteiger partial charge in [0.15, 0.2) is 5.82 Å². The molecule has 11 heteroatoms. The van der Waals surface area contributed by atoms with E-state index >= 15 is 0 Å². The Morgan fingerprint density at radius 1 is 1.21 bits per heavy atom. The number of tetrazole rings is 1. The molecule has 0 unspecified atom stereocenters. The van der Waals surface area contributed by atoms with Crippen molar-refractivity contribution in [1.82, 2.24) is 35.3 Å². The summed E-state index contributed by atoms with van der Waals surface area (Å²) in [5.74, 6) is 3.74. The number of aromatic nitrogens is 7. The van der Waals surface area contributed by atoms with E-state index in [4.69, 9.17) is 14.0 Å². The van der Waals surface area contributed by atoms with Gasteiger partial charge < -0.3 is 18.9 Å². The molecule has 1 saturated carbocycles. The Bertz CT molecular complexity index is 1030. The molecule has 176 valence electrons. The van der Waals surface area contributed by atoms with Crippen LogP contribution in [-0.2, 0) is 11.2 Å². The van der Waals surface area contributed by atoms with Gasteiger partial charge in [-0.15, -0.1) is 5.10 Å². The maximum Gasteiger partial charge on any atom is 0.324 e. The van der Waals surface area contributed by atoms with E-state index in [1.54, 1.807) is 24.3 Å². The largest absolute Gasteiger partial charge is 0.477 e. The summed E-state index contributed by atoms with van der Waals surface area (Å²) in [6, 6.07) is 2.63. The van der Waals surface area contributed by atoms with E-state index in [0.717, 1.165) is 48.5 Å². The van der Waals surface area contributed by atoms with Crippen LogP contribution in [0, 0.1) is 24.7 Å². The predicted octanol–water partition coefficient (Wildman–Crippen LogP) is 2.26. The number of nitrogens with zero attached hydrogens (tertiary/aromatic N) is 8. The monoisotopic (exact) mass is 454 g/mol. The Labute approximate surface area is 192 Å². The molecule has 2 aliphatic rings. The molecule has 2 atom stereocenters. The van der Waals surface area contributed by atoms with Gasteiger partial charge in [0.05, 0.1) is 25.1 Å². The third kappa shape index (κ3) is 5.13. The molecule has 3 aromatic rings. The molecule has 0 N–H and O–H groups in total. The summed E-state index contributed by atoms with van der Waals surface area (Å²) in [6.45, 7) is 5.26. The number of pyridine rings is 1. The summed E-state index contributed by atoms with van der Waals surface area (Å²) in [5, 5.41) is 15.3. The van der Waals surface area contributed by atoms with Crippen LogP contribution in [0.3, 0.4) is 0 Å². The molecule has 1 aliphatic heterocycles. The fourth-order valence-electron chi connectivity index (χ4n) is 4.78. The minimum atomic E-state index is 0.607. The second kappa shape index (κ2) is 9.82. The maximum atomic E-state index is 5.98. The zero-order chi connectivity index (χ0) is 22.6.